The number of para-hydroxylation sites is 1. The first kappa shape index (κ1) is 22.3. The molecule has 0 saturated heterocycles. The second-order valence-corrected chi connectivity index (χ2v) is 6.39. The van der Waals surface area contributed by atoms with Gasteiger partial charge in [-0.3, -0.25) is 0 Å². The van der Waals surface area contributed by atoms with E-state index in [4.69, 9.17) is 4.74 Å². The number of halogens is 9. The van der Waals surface area contributed by atoms with Crippen molar-refractivity contribution in [2.75, 3.05) is 0 Å². The third-order valence-corrected chi connectivity index (χ3v) is 4.05. The van der Waals surface area contributed by atoms with Crippen molar-refractivity contribution < 1.29 is 39.9 Å². The SMILES string of the molecule is FC(F)(Cl)C(F)(F)C(F)(F)C(F)(F)CCc1cccc(Oc2ccccc2)c1. The van der Waals surface area contributed by atoms with Gasteiger partial charge < -0.3 is 4.74 Å². The third-order valence-electron chi connectivity index (χ3n) is 3.81. The maximum Gasteiger partial charge on any atom is 0.392 e. The average Bonchev–Trinajstić information content (AvgIpc) is 2.60. The van der Waals surface area contributed by atoms with Crippen LogP contribution in [-0.2, 0) is 6.42 Å². The summed E-state index contributed by atoms with van der Waals surface area (Å²) in [5.41, 5.74) is 0.0601. The molecule has 2 aromatic rings. The molecule has 0 fully saturated rings. The van der Waals surface area contributed by atoms with E-state index in [0.717, 1.165) is 0 Å². The summed E-state index contributed by atoms with van der Waals surface area (Å²) < 4.78 is 111. The van der Waals surface area contributed by atoms with Crippen LogP contribution in [0.5, 0.6) is 11.5 Å². The van der Waals surface area contributed by atoms with E-state index in [2.05, 4.69) is 11.6 Å². The fourth-order valence-electron chi connectivity index (χ4n) is 2.26. The Morgan fingerprint density at radius 1 is 0.714 bits per heavy atom. The maximum absolute atomic E-state index is 13.7. The number of aryl methyl sites for hydroxylation is 1. The zero-order chi connectivity index (χ0) is 21.2. The van der Waals surface area contributed by atoms with Crippen LogP contribution in [0.3, 0.4) is 0 Å². The smallest absolute Gasteiger partial charge is 0.392 e. The Morgan fingerprint density at radius 3 is 1.86 bits per heavy atom. The molecule has 0 bridgehead atoms. The average molecular weight is 433 g/mol. The van der Waals surface area contributed by atoms with Gasteiger partial charge in [-0.2, -0.15) is 35.1 Å². The number of ether oxygens (including phenoxy) is 1. The second-order valence-electron chi connectivity index (χ2n) is 5.91. The van der Waals surface area contributed by atoms with Crippen LogP contribution in [0, 0.1) is 0 Å². The van der Waals surface area contributed by atoms with Gasteiger partial charge in [0.25, 0.3) is 0 Å². The molecular weight excluding hydrogens is 420 g/mol. The van der Waals surface area contributed by atoms with E-state index in [1.807, 2.05) is 0 Å². The van der Waals surface area contributed by atoms with Crippen molar-refractivity contribution in [3.63, 3.8) is 0 Å². The predicted molar refractivity (Wildman–Crippen MR) is 86.9 cm³/mol. The Hall–Kier alpha value is -2.03. The first-order valence-corrected chi connectivity index (χ1v) is 8.18. The van der Waals surface area contributed by atoms with Gasteiger partial charge in [0, 0.05) is 6.42 Å². The molecule has 2 aromatic carbocycles. The van der Waals surface area contributed by atoms with Crippen molar-refractivity contribution in [3.05, 3.63) is 60.2 Å². The van der Waals surface area contributed by atoms with Crippen LogP contribution in [0.2, 0.25) is 0 Å². The van der Waals surface area contributed by atoms with Crippen molar-refractivity contribution in [2.45, 2.75) is 36.0 Å². The van der Waals surface area contributed by atoms with Crippen molar-refractivity contribution in [3.8, 4) is 11.5 Å². The topological polar surface area (TPSA) is 9.23 Å². The summed E-state index contributed by atoms with van der Waals surface area (Å²) >= 11 is 3.92. The zero-order valence-electron chi connectivity index (χ0n) is 13.9. The van der Waals surface area contributed by atoms with Gasteiger partial charge in [-0.1, -0.05) is 30.3 Å². The molecule has 0 N–H and O–H groups in total. The van der Waals surface area contributed by atoms with Gasteiger partial charge in [-0.05, 0) is 47.9 Å². The third kappa shape index (κ3) is 4.51. The molecule has 154 valence electrons. The number of rotatable bonds is 8. The fourth-order valence-corrected chi connectivity index (χ4v) is 2.37. The minimum absolute atomic E-state index is 0.0601. The van der Waals surface area contributed by atoms with Crippen LogP contribution < -0.4 is 4.74 Å². The lowest BCUT2D eigenvalue weighted by atomic mass is 9.97. The van der Waals surface area contributed by atoms with Crippen LogP contribution in [-0.4, -0.2) is 23.1 Å². The summed E-state index contributed by atoms with van der Waals surface area (Å²) in [6, 6.07) is 13.7. The molecule has 0 aliphatic rings. The molecule has 0 saturated carbocycles. The molecule has 0 aromatic heterocycles. The number of benzene rings is 2. The lowest BCUT2D eigenvalue weighted by Gasteiger charge is -2.34. The monoisotopic (exact) mass is 432 g/mol. The standard InChI is InChI=1S/C18H13ClF8O/c19-18(26,27)17(24,25)16(22,23)15(20,21)10-9-12-5-4-8-14(11-12)28-13-6-2-1-3-7-13/h1-8,11H,9-10H2. The second kappa shape index (κ2) is 7.77. The molecular formula is C18H13ClF8O. The van der Waals surface area contributed by atoms with E-state index in [-0.39, 0.29) is 11.3 Å². The summed E-state index contributed by atoms with van der Waals surface area (Å²) in [6.07, 6.45) is -2.60. The largest absolute Gasteiger partial charge is 0.457 e. The van der Waals surface area contributed by atoms with Crippen molar-refractivity contribution in [2.24, 2.45) is 0 Å². The highest BCUT2D eigenvalue weighted by molar-refractivity contribution is 6.22. The highest BCUT2D eigenvalue weighted by Crippen LogP contribution is 2.55. The van der Waals surface area contributed by atoms with E-state index in [9.17, 15) is 35.1 Å². The first-order valence-electron chi connectivity index (χ1n) is 7.80. The normalized spacial score (nSPS) is 13.5. The fraction of sp³-hybridized carbons (Fsp3) is 0.333. The molecule has 0 heterocycles. The van der Waals surface area contributed by atoms with Gasteiger partial charge in [0.15, 0.2) is 0 Å². The lowest BCUT2D eigenvalue weighted by molar-refractivity contribution is -0.348. The molecule has 0 aliphatic carbocycles. The van der Waals surface area contributed by atoms with Gasteiger partial charge in [-0.25, -0.2) is 0 Å². The first-order chi connectivity index (χ1) is 12.8. The molecule has 0 amide bonds. The number of hydrogen-bond acceptors (Lipinski definition) is 1. The quantitative estimate of drug-likeness (QED) is 0.318. The van der Waals surface area contributed by atoms with E-state index in [0.29, 0.717) is 5.75 Å². The summed E-state index contributed by atoms with van der Waals surface area (Å²) in [7, 11) is 0. The van der Waals surface area contributed by atoms with E-state index in [1.54, 1.807) is 30.3 Å². The minimum atomic E-state index is -6.44. The number of hydrogen-bond donors (Lipinski definition) is 0. The Kier molecular flexibility index (Phi) is 6.18. The molecule has 0 radical (unpaired) electrons. The van der Waals surface area contributed by atoms with Gasteiger partial charge in [0.1, 0.15) is 11.5 Å². The molecule has 0 atom stereocenters. The molecule has 10 heteroatoms. The Morgan fingerprint density at radius 2 is 1.29 bits per heavy atom. The summed E-state index contributed by atoms with van der Waals surface area (Å²) in [6.45, 7) is 0. The Balaban J connectivity index is 2.13. The molecule has 28 heavy (non-hydrogen) atoms. The molecule has 0 aliphatic heterocycles. The van der Waals surface area contributed by atoms with Crippen LogP contribution in [0.15, 0.2) is 54.6 Å². The van der Waals surface area contributed by atoms with Crippen LogP contribution in [0.4, 0.5) is 35.1 Å². The van der Waals surface area contributed by atoms with Gasteiger partial charge in [-0.15, -0.1) is 0 Å². The molecule has 1 nitrogen and oxygen atoms in total. The summed E-state index contributed by atoms with van der Waals surface area (Å²) in [5, 5.41) is -5.84. The van der Waals surface area contributed by atoms with E-state index < -0.39 is 36.0 Å². The minimum Gasteiger partial charge on any atom is -0.457 e. The maximum atomic E-state index is 13.7. The summed E-state index contributed by atoms with van der Waals surface area (Å²) in [5.74, 6) is -17.6. The van der Waals surface area contributed by atoms with Gasteiger partial charge in [0.2, 0.25) is 0 Å². The van der Waals surface area contributed by atoms with Crippen LogP contribution in [0.1, 0.15) is 12.0 Å². The van der Waals surface area contributed by atoms with Crippen molar-refractivity contribution in [1.29, 1.82) is 0 Å². The highest BCUT2D eigenvalue weighted by atomic mass is 35.5. The Labute approximate surface area is 159 Å². The lowest BCUT2D eigenvalue weighted by Crippen LogP contribution is -2.60. The predicted octanol–water partition coefficient (Wildman–Crippen LogP) is 7.15. The van der Waals surface area contributed by atoms with Crippen molar-refractivity contribution in [1.82, 2.24) is 0 Å². The van der Waals surface area contributed by atoms with Gasteiger partial charge in [0.05, 0.1) is 0 Å². The van der Waals surface area contributed by atoms with Crippen molar-refractivity contribution >= 4 is 11.6 Å². The summed E-state index contributed by atoms with van der Waals surface area (Å²) in [4.78, 5) is 0. The van der Waals surface area contributed by atoms with Crippen LogP contribution >= 0.6 is 11.6 Å². The van der Waals surface area contributed by atoms with Crippen LogP contribution in [0.25, 0.3) is 0 Å². The highest BCUT2D eigenvalue weighted by Gasteiger charge is 2.79. The zero-order valence-corrected chi connectivity index (χ0v) is 14.7. The van der Waals surface area contributed by atoms with Gasteiger partial charge >= 0.3 is 23.1 Å². The number of alkyl halides is 9. The molecule has 0 unspecified atom stereocenters. The molecule has 2 rings (SSSR count). The van der Waals surface area contributed by atoms with E-state index in [1.165, 1.54) is 24.3 Å². The van der Waals surface area contributed by atoms with E-state index >= 15 is 0 Å². The Bertz CT molecular complexity index is 790. The molecule has 0 spiro atoms.